The molecular weight excluding hydrogens is 398 g/mol. The number of fused-ring (bicyclic) bond motifs is 1. The Morgan fingerprint density at radius 2 is 1.77 bits per heavy atom. The lowest BCUT2D eigenvalue weighted by atomic mass is 10.2. The van der Waals surface area contributed by atoms with Crippen molar-refractivity contribution in [2.45, 2.75) is 26.4 Å². The third-order valence-corrected chi connectivity index (χ3v) is 5.56. The van der Waals surface area contributed by atoms with E-state index in [1.54, 1.807) is 12.0 Å². The summed E-state index contributed by atoms with van der Waals surface area (Å²) in [6, 6.07) is 13.1. The summed E-state index contributed by atoms with van der Waals surface area (Å²) in [7, 11) is 5.71. The molecule has 3 aromatic rings. The maximum atomic E-state index is 13.4. The van der Waals surface area contributed by atoms with Crippen LogP contribution in [0.15, 0.2) is 42.5 Å². The maximum absolute atomic E-state index is 13.4. The smallest absolute Gasteiger partial charge is 0.260 e. The largest absolute Gasteiger partial charge is 0.497 e. The number of ether oxygens (including phenoxy) is 2. The van der Waals surface area contributed by atoms with Crippen LogP contribution in [0.3, 0.4) is 0 Å². The Morgan fingerprint density at radius 3 is 2.40 bits per heavy atom. The average Bonchev–Trinajstić information content (AvgIpc) is 3.13. The van der Waals surface area contributed by atoms with Gasteiger partial charge in [-0.2, -0.15) is 0 Å². The molecule has 0 radical (unpaired) electrons. The fourth-order valence-electron chi connectivity index (χ4n) is 3.07. The van der Waals surface area contributed by atoms with Crippen LogP contribution in [0.25, 0.3) is 10.2 Å². The summed E-state index contributed by atoms with van der Waals surface area (Å²) in [6.07, 6.45) is 0.945. The van der Waals surface area contributed by atoms with Gasteiger partial charge in [-0.1, -0.05) is 11.3 Å². The van der Waals surface area contributed by atoms with Crippen molar-refractivity contribution in [3.63, 3.8) is 0 Å². The molecule has 1 amide bonds. The SMILES string of the molecule is COc1ccc2nc(N(CCCN(C)C)C(=O)c3ccc(OC(C)C)cc3)sc2c1. The van der Waals surface area contributed by atoms with Gasteiger partial charge in [-0.05, 0) is 83.4 Å². The van der Waals surface area contributed by atoms with Gasteiger partial charge in [0.1, 0.15) is 11.5 Å². The van der Waals surface area contributed by atoms with Crippen molar-refractivity contribution in [3.05, 3.63) is 48.0 Å². The van der Waals surface area contributed by atoms with E-state index < -0.39 is 0 Å². The summed E-state index contributed by atoms with van der Waals surface area (Å²) < 4.78 is 12.0. The normalized spacial score (nSPS) is 11.3. The van der Waals surface area contributed by atoms with E-state index in [9.17, 15) is 4.79 Å². The highest BCUT2D eigenvalue weighted by Crippen LogP contribution is 2.32. The molecule has 30 heavy (non-hydrogen) atoms. The van der Waals surface area contributed by atoms with Crippen LogP contribution in [0.4, 0.5) is 5.13 Å². The van der Waals surface area contributed by atoms with Gasteiger partial charge in [0, 0.05) is 12.1 Å². The standard InChI is InChI=1S/C23H29N3O3S/c1-16(2)29-18-9-7-17(8-10-18)22(27)26(14-6-13-25(3)4)23-24-20-12-11-19(28-5)15-21(20)30-23/h7-12,15-16H,6,13-14H2,1-5H3. The molecule has 0 aliphatic rings. The summed E-state index contributed by atoms with van der Waals surface area (Å²) in [6.45, 7) is 5.45. The van der Waals surface area contributed by atoms with Gasteiger partial charge in [0.25, 0.3) is 5.91 Å². The lowest BCUT2D eigenvalue weighted by molar-refractivity contribution is 0.0986. The minimum Gasteiger partial charge on any atom is -0.497 e. The molecule has 2 aromatic carbocycles. The first kappa shape index (κ1) is 22.1. The highest BCUT2D eigenvalue weighted by atomic mass is 32.1. The second kappa shape index (κ2) is 9.91. The second-order valence-corrected chi connectivity index (χ2v) is 8.64. The van der Waals surface area contributed by atoms with Gasteiger partial charge in [0.15, 0.2) is 5.13 Å². The van der Waals surface area contributed by atoms with Gasteiger partial charge in [0.05, 0.1) is 23.4 Å². The lowest BCUT2D eigenvalue weighted by Gasteiger charge is -2.21. The van der Waals surface area contributed by atoms with Crippen LogP contribution in [0.5, 0.6) is 11.5 Å². The fourth-order valence-corrected chi connectivity index (χ4v) is 4.09. The summed E-state index contributed by atoms with van der Waals surface area (Å²) in [4.78, 5) is 22.0. The molecule has 0 saturated heterocycles. The highest BCUT2D eigenvalue weighted by Gasteiger charge is 2.21. The van der Waals surface area contributed by atoms with Crippen molar-refractivity contribution in [2.75, 3.05) is 39.2 Å². The Bertz CT molecular complexity index is 983. The van der Waals surface area contributed by atoms with E-state index in [4.69, 9.17) is 14.5 Å². The van der Waals surface area contributed by atoms with Gasteiger partial charge >= 0.3 is 0 Å². The Kier molecular flexibility index (Phi) is 7.29. The predicted octanol–water partition coefficient (Wildman–Crippen LogP) is 4.69. The van der Waals surface area contributed by atoms with Gasteiger partial charge in [-0.15, -0.1) is 0 Å². The van der Waals surface area contributed by atoms with E-state index in [1.807, 2.05) is 70.4 Å². The fraction of sp³-hybridized carbons (Fsp3) is 0.391. The van der Waals surface area contributed by atoms with Crippen molar-refractivity contribution in [3.8, 4) is 11.5 Å². The third-order valence-electron chi connectivity index (χ3n) is 4.52. The number of methoxy groups -OCH3 is 1. The molecule has 7 heteroatoms. The Hall–Kier alpha value is -2.64. The van der Waals surface area contributed by atoms with Crippen LogP contribution in [0, 0.1) is 0 Å². The molecule has 160 valence electrons. The number of aromatic nitrogens is 1. The lowest BCUT2D eigenvalue weighted by Crippen LogP contribution is -2.33. The average molecular weight is 428 g/mol. The van der Waals surface area contributed by atoms with Gasteiger partial charge in [-0.3, -0.25) is 9.69 Å². The molecule has 0 unspecified atom stereocenters. The molecule has 0 fully saturated rings. The van der Waals surface area contributed by atoms with Crippen molar-refractivity contribution in [1.82, 2.24) is 9.88 Å². The number of anilines is 1. The summed E-state index contributed by atoms with van der Waals surface area (Å²) in [5, 5.41) is 0.699. The maximum Gasteiger partial charge on any atom is 0.260 e. The van der Waals surface area contributed by atoms with Crippen LogP contribution in [0.1, 0.15) is 30.6 Å². The van der Waals surface area contributed by atoms with Crippen molar-refractivity contribution in [1.29, 1.82) is 0 Å². The zero-order chi connectivity index (χ0) is 21.7. The van der Waals surface area contributed by atoms with Crippen LogP contribution >= 0.6 is 11.3 Å². The predicted molar refractivity (Wildman–Crippen MR) is 123 cm³/mol. The van der Waals surface area contributed by atoms with Crippen LogP contribution in [-0.2, 0) is 0 Å². The molecule has 0 spiro atoms. The zero-order valence-electron chi connectivity index (χ0n) is 18.2. The molecule has 0 atom stereocenters. The molecule has 1 heterocycles. The Labute approximate surface area is 182 Å². The van der Waals surface area contributed by atoms with E-state index in [0.717, 1.165) is 34.7 Å². The number of carbonyl (C=O) groups is 1. The van der Waals surface area contributed by atoms with Gasteiger partial charge in [0.2, 0.25) is 0 Å². The van der Waals surface area contributed by atoms with E-state index in [1.165, 1.54) is 11.3 Å². The van der Waals surface area contributed by atoms with Crippen molar-refractivity contribution >= 4 is 32.6 Å². The third kappa shape index (κ3) is 5.49. The number of thiazole rings is 1. The quantitative estimate of drug-likeness (QED) is 0.496. The molecule has 0 saturated carbocycles. The van der Waals surface area contributed by atoms with E-state index >= 15 is 0 Å². The molecule has 3 rings (SSSR count). The van der Waals surface area contributed by atoms with Gasteiger partial charge < -0.3 is 14.4 Å². The van der Waals surface area contributed by atoms with E-state index in [2.05, 4.69) is 4.90 Å². The van der Waals surface area contributed by atoms with E-state index in [-0.39, 0.29) is 12.0 Å². The first-order chi connectivity index (χ1) is 14.4. The van der Waals surface area contributed by atoms with Crippen molar-refractivity contribution < 1.29 is 14.3 Å². The Balaban J connectivity index is 1.88. The molecule has 0 aliphatic heterocycles. The highest BCUT2D eigenvalue weighted by molar-refractivity contribution is 7.22. The number of hydrogen-bond donors (Lipinski definition) is 0. The van der Waals surface area contributed by atoms with Gasteiger partial charge in [-0.25, -0.2) is 4.98 Å². The summed E-state index contributed by atoms with van der Waals surface area (Å²) in [5.74, 6) is 1.48. The van der Waals surface area contributed by atoms with Crippen LogP contribution in [0.2, 0.25) is 0 Å². The summed E-state index contributed by atoms with van der Waals surface area (Å²) >= 11 is 1.50. The topological polar surface area (TPSA) is 54.9 Å². The number of benzene rings is 2. The van der Waals surface area contributed by atoms with E-state index in [0.29, 0.717) is 17.2 Å². The Morgan fingerprint density at radius 1 is 1.07 bits per heavy atom. The number of rotatable bonds is 9. The minimum absolute atomic E-state index is 0.0594. The molecule has 0 bridgehead atoms. The number of nitrogens with zero attached hydrogens (tertiary/aromatic N) is 3. The number of carbonyl (C=O) groups excluding carboxylic acids is 1. The second-order valence-electron chi connectivity index (χ2n) is 7.63. The monoisotopic (exact) mass is 427 g/mol. The number of amides is 1. The van der Waals surface area contributed by atoms with Crippen LogP contribution < -0.4 is 14.4 Å². The first-order valence-electron chi connectivity index (χ1n) is 10.0. The molecular formula is C23H29N3O3S. The summed E-state index contributed by atoms with van der Waals surface area (Å²) in [5.41, 5.74) is 1.48. The molecule has 6 nitrogen and oxygen atoms in total. The molecule has 0 aliphatic carbocycles. The molecule has 1 aromatic heterocycles. The van der Waals surface area contributed by atoms with Crippen molar-refractivity contribution in [2.24, 2.45) is 0 Å². The van der Waals surface area contributed by atoms with Crippen LogP contribution in [-0.4, -0.2) is 56.2 Å². The molecule has 0 N–H and O–H groups in total. The zero-order valence-corrected chi connectivity index (χ0v) is 19.0. The number of hydrogen-bond acceptors (Lipinski definition) is 6. The first-order valence-corrected chi connectivity index (χ1v) is 10.9. The minimum atomic E-state index is -0.0594.